The van der Waals surface area contributed by atoms with Gasteiger partial charge < -0.3 is 10.2 Å². The maximum atomic E-state index is 13.1. The van der Waals surface area contributed by atoms with Gasteiger partial charge in [-0.1, -0.05) is 49.4 Å². The van der Waals surface area contributed by atoms with Crippen molar-refractivity contribution < 1.29 is 14.0 Å². The molecule has 0 aliphatic carbocycles. The van der Waals surface area contributed by atoms with Crippen LogP contribution in [0.4, 0.5) is 4.39 Å². The van der Waals surface area contributed by atoms with Gasteiger partial charge in [0.15, 0.2) is 0 Å². The van der Waals surface area contributed by atoms with Crippen molar-refractivity contribution in [2.75, 3.05) is 0 Å². The zero-order valence-electron chi connectivity index (χ0n) is 16.1. The van der Waals surface area contributed by atoms with Crippen LogP contribution >= 0.6 is 0 Å². The number of carbonyl (C=O) groups is 2. The molecule has 0 unspecified atom stereocenters. The molecule has 0 fully saturated rings. The first-order chi connectivity index (χ1) is 12.9. The van der Waals surface area contributed by atoms with Gasteiger partial charge in [0, 0.05) is 12.6 Å². The molecule has 2 amide bonds. The second-order valence-electron chi connectivity index (χ2n) is 6.90. The van der Waals surface area contributed by atoms with Gasteiger partial charge in [0.05, 0.1) is 6.42 Å². The van der Waals surface area contributed by atoms with E-state index in [4.69, 9.17) is 0 Å². The van der Waals surface area contributed by atoms with E-state index in [-0.39, 0.29) is 30.1 Å². The summed E-state index contributed by atoms with van der Waals surface area (Å²) in [6, 6.07) is 14.9. The third kappa shape index (κ3) is 6.20. The molecular weight excluding hydrogens is 343 g/mol. The summed E-state index contributed by atoms with van der Waals surface area (Å²) < 4.78 is 13.1. The van der Waals surface area contributed by atoms with E-state index < -0.39 is 6.04 Å². The van der Waals surface area contributed by atoms with Gasteiger partial charge in [-0.2, -0.15) is 0 Å². The molecule has 2 aromatic rings. The molecular formula is C22H27FN2O2. The fraction of sp³-hybridized carbons (Fsp3) is 0.364. The van der Waals surface area contributed by atoms with Gasteiger partial charge in [-0.05, 0) is 43.5 Å². The maximum Gasteiger partial charge on any atom is 0.243 e. The Labute approximate surface area is 160 Å². The van der Waals surface area contributed by atoms with Crippen LogP contribution in [-0.4, -0.2) is 28.8 Å². The molecule has 2 rings (SSSR count). The Hall–Kier alpha value is -2.69. The van der Waals surface area contributed by atoms with E-state index in [0.29, 0.717) is 13.0 Å². The van der Waals surface area contributed by atoms with Crippen LogP contribution in [0.5, 0.6) is 0 Å². The van der Waals surface area contributed by atoms with Crippen molar-refractivity contribution in [3.63, 3.8) is 0 Å². The molecule has 4 nitrogen and oxygen atoms in total. The van der Waals surface area contributed by atoms with Gasteiger partial charge in [0.1, 0.15) is 11.9 Å². The SMILES string of the molecule is CC[C@H](C(=O)NC(C)C)N(Cc1ccccc1)C(=O)Cc1ccc(F)cc1. The van der Waals surface area contributed by atoms with Crippen LogP contribution in [0, 0.1) is 5.82 Å². The fourth-order valence-corrected chi connectivity index (χ4v) is 2.96. The van der Waals surface area contributed by atoms with Crippen molar-refractivity contribution in [1.29, 1.82) is 0 Å². The van der Waals surface area contributed by atoms with Gasteiger partial charge >= 0.3 is 0 Å². The second kappa shape index (κ2) is 9.86. The van der Waals surface area contributed by atoms with E-state index in [1.807, 2.05) is 51.1 Å². The number of hydrogen-bond donors (Lipinski definition) is 1. The van der Waals surface area contributed by atoms with Crippen molar-refractivity contribution in [3.05, 3.63) is 71.5 Å². The highest BCUT2D eigenvalue weighted by atomic mass is 19.1. The normalized spacial score (nSPS) is 11.9. The highest BCUT2D eigenvalue weighted by Gasteiger charge is 2.28. The van der Waals surface area contributed by atoms with E-state index in [2.05, 4.69) is 5.32 Å². The molecule has 5 heteroatoms. The molecule has 0 aromatic heterocycles. The van der Waals surface area contributed by atoms with E-state index in [1.165, 1.54) is 12.1 Å². The highest BCUT2D eigenvalue weighted by Crippen LogP contribution is 2.15. The van der Waals surface area contributed by atoms with Crippen LogP contribution in [0.3, 0.4) is 0 Å². The van der Waals surface area contributed by atoms with Crippen molar-refractivity contribution in [2.45, 2.75) is 52.2 Å². The fourth-order valence-electron chi connectivity index (χ4n) is 2.96. The van der Waals surface area contributed by atoms with Gasteiger partial charge in [-0.15, -0.1) is 0 Å². The molecule has 27 heavy (non-hydrogen) atoms. The van der Waals surface area contributed by atoms with Crippen LogP contribution < -0.4 is 5.32 Å². The number of nitrogens with one attached hydrogen (secondary N) is 1. The third-order valence-corrected chi connectivity index (χ3v) is 4.28. The van der Waals surface area contributed by atoms with Crippen LogP contribution in [0.25, 0.3) is 0 Å². The summed E-state index contributed by atoms with van der Waals surface area (Å²) in [4.78, 5) is 27.3. The minimum atomic E-state index is -0.555. The zero-order chi connectivity index (χ0) is 19.8. The number of carbonyl (C=O) groups excluding carboxylic acids is 2. The van der Waals surface area contributed by atoms with Gasteiger partial charge in [-0.3, -0.25) is 9.59 Å². The summed E-state index contributed by atoms with van der Waals surface area (Å²) >= 11 is 0. The quantitative estimate of drug-likeness (QED) is 0.770. The van der Waals surface area contributed by atoms with E-state index in [0.717, 1.165) is 11.1 Å². The van der Waals surface area contributed by atoms with Crippen LogP contribution in [0.2, 0.25) is 0 Å². The largest absolute Gasteiger partial charge is 0.352 e. The van der Waals surface area contributed by atoms with Crippen molar-refractivity contribution in [2.24, 2.45) is 0 Å². The molecule has 0 aliphatic rings. The summed E-state index contributed by atoms with van der Waals surface area (Å²) in [5, 5.41) is 2.90. The lowest BCUT2D eigenvalue weighted by Gasteiger charge is -2.31. The average Bonchev–Trinajstić information content (AvgIpc) is 2.63. The van der Waals surface area contributed by atoms with Gasteiger partial charge in [-0.25, -0.2) is 4.39 Å². The molecule has 1 N–H and O–H groups in total. The molecule has 2 aromatic carbocycles. The Bertz CT molecular complexity index is 745. The number of nitrogens with zero attached hydrogens (tertiary/aromatic N) is 1. The number of rotatable bonds is 8. The predicted molar refractivity (Wildman–Crippen MR) is 104 cm³/mol. The van der Waals surface area contributed by atoms with Gasteiger partial charge in [0.25, 0.3) is 0 Å². The molecule has 0 heterocycles. The lowest BCUT2D eigenvalue weighted by molar-refractivity contribution is -0.141. The molecule has 0 bridgehead atoms. The van der Waals surface area contributed by atoms with Crippen LogP contribution in [-0.2, 0) is 22.6 Å². The predicted octanol–water partition coefficient (Wildman–Crippen LogP) is 3.70. The second-order valence-corrected chi connectivity index (χ2v) is 6.90. The molecule has 0 saturated heterocycles. The third-order valence-electron chi connectivity index (χ3n) is 4.28. The van der Waals surface area contributed by atoms with Crippen LogP contribution in [0.1, 0.15) is 38.3 Å². The highest BCUT2D eigenvalue weighted by molar-refractivity contribution is 5.88. The Balaban J connectivity index is 2.25. The molecule has 144 valence electrons. The molecule has 1 atom stereocenters. The summed E-state index contributed by atoms with van der Waals surface area (Å²) in [7, 11) is 0. The lowest BCUT2D eigenvalue weighted by Crippen LogP contribution is -2.50. The molecule has 0 radical (unpaired) electrons. The Morgan fingerprint density at radius 2 is 1.63 bits per heavy atom. The molecule has 0 saturated carbocycles. The number of hydrogen-bond acceptors (Lipinski definition) is 2. The summed E-state index contributed by atoms with van der Waals surface area (Å²) in [6.07, 6.45) is 0.638. The number of benzene rings is 2. The van der Waals surface area contributed by atoms with Crippen molar-refractivity contribution in [3.8, 4) is 0 Å². The topological polar surface area (TPSA) is 49.4 Å². The van der Waals surface area contributed by atoms with E-state index in [1.54, 1.807) is 17.0 Å². The maximum absolute atomic E-state index is 13.1. The lowest BCUT2D eigenvalue weighted by atomic mass is 10.1. The summed E-state index contributed by atoms with van der Waals surface area (Å²) in [6.45, 7) is 6.04. The first-order valence-electron chi connectivity index (χ1n) is 9.29. The monoisotopic (exact) mass is 370 g/mol. The van der Waals surface area contributed by atoms with Crippen LogP contribution in [0.15, 0.2) is 54.6 Å². The summed E-state index contributed by atoms with van der Waals surface area (Å²) in [5.74, 6) is -0.651. The molecule has 0 spiro atoms. The number of halogens is 1. The minimum absolute atomic E-state index is 0.00248. The summed E-state index contributed by atoms with van der Waals surface area (Å²) in [5.41, 5.74) is 1.68. The van der Waals surface area contributed by atoms with Gasteiger partial charge in [0.2, 0.25) is 11.8 Å². The Morgan fingerprint density at radius 1 is 1.00 bits per heavy atom. The zero-order valence-corrected chi connectivity index (χ0v) is 16.1. The van der Waals surface area contributed by atoms with Crippen molar-refractivity contribution in [1.82, 2.24) is 10.2 Å². The van der Waals surface area contributed by atoms with E-state index >= 15 is 0 Å². The minimum Gasteiger partial charge on any atom is -0.352 e. The molecule has 0 aliphatic heterocycles. The first kappa shape index (κ1) is 20.6. The smallest absolute Gasteiger partial charge is 0.243 e. The average molecular weight is 370 g/mol. The van der Waals surface area contributed by atoms with Crippen molar-refractivity contribution >= 4 is 11.8 Å². The standard InChI is InChI=1S/C22H27FN2O2/c1-4-20(22(27)24-16(2)3)25(15-18-8-6-5-7-9-18)21(26)14-17-10-12-19(23)13-11-17/h5-13,16,20H,4,14-15H2,1-3H3,(H,24,27)/t20-/m1/s1. The Morgan fingerprint density at radius 3 is 2.19 bits per heavy atom. The number of amides is 2. The first-order valence-corrected chi connectivity index (χ1v) is 9.29. The Kier molecular flexibility index (Phi) is 7.53. The van der Waals surface area contributed by atoms with E-state index in [9.17, 15) is 14.0 Å².